The summed E-state index contributed by atoms with van der Waals surface area (Å²) in [5.41, 5.74) is 10.6. The number of furan rings is 1. The number of para-hydroxylation sites is 2. The molecule has 0 saturated heterocycles. The molecular formula is C53H46BNO3. The van der Waals surface area contributed by atoms with E-state index in [1.54, 1.807) is 5.56 Å². The molecule has 0 atom stereocenters. The number of benzene rings is 6. The van der Waals surface area contributed by atoms with Gasteiger partial charge in [0.1, 0.15) is 16.9 Å². The molecule has 4 nitrogen and oxygen atoms in total. The third kappa shape index (κ3) is 3.97. The van der Waals surface area contributed by atoms with Crippen molar-refractivity contribution in [1.82, 2.24) is 0 Å². The number of fused-ring (bicyclic) bond motifs is 7. The standard InChI is InChI=1S/C53H46BNO3/c56-51-55-44-15-12-35-6-1-2-7-36(35)47(44)54(43-10-5-9-38-37-8-3-4-11-45(37)57-49(38)43)42-14-13-39-40(52-23-29-16-30(24-52)18-31(17-29)25-52)22-41(50(58-51)46(39)48(42)55)53-26-32-19-33(27-53)21-34(20-32)28-53/h1-15,22,29-34H,16-21,23-28H2. The van der Waals surface area contributed by atoms with Gasteiger partial charge in [-0.3, -0.25) is 0 Å². The number of ether oxygens (including phenoxy) is 1. The van der Waals surface area contributed by atoms with Crippen LogP contribution in [-0.4, -0.2) is 12.8 Å². The number of anilines is 2. The zero-order valence-electron chi connectivity index (χ0n) is 32.9. The van der Waals surface area contributed by atoms with Crippen LogP contribution in [0, 0.1) is 35.5 Å². The van der Waals surface area contributed by atoms with Crippen LogP contribution in [0.2, 0.25) is 0 Å². The van der Waals surface area contributed by atoms with E-state index in [0.29, 0.717) is 0 Å². The van der Waals surface area contributed by atoms with Crippen LogP contribution >= 0.6 is 0 Å². The number of rotatable bonds is 3. The minimum atomic E-state index is -0.258. The first-order chi connectivity index (χ1) is 28.5. The first kappa shape index (κ1) is 31.9. The van der Waals surface area contributed by atoms with E-state index in [9.17, 15) is 0 Å². The van der Waals surface area contributed by atoms with Crippen LogP contribution in [0.1, 0.15) is 88.2 Å². The number of nitrogens with zero attached hydrogens (tertiary/aromatic N) is 1. The maximum Gasteiger partial charge on any atom is 0.424 e. The largest absolute Gasteiger partial charge is 0.457 e. The summed E-state index contributed by atoms with van der Waals surface area (Å²) in [5, 5.41) is 7.16. The molecule has 7 aromatic rings. The average Bonchev–Trinajstić information content (AvgIpc) is 3.60. The second-order valence-corrected chi connectivity index (χ2v) is 20.8. The van der Waals surface area contributed by atoms with Gasteiger partial charge in [0.05, 0.1) is 5.69 Å². The lowest BCUT2D eigenvalue weighted by molar-refractivity contribution is -0.00840. The fraction of sp³-hybridized carbons (Fsp3) is 0.377. The minimum Gasteiger partial charge on any atom is -0.457 e. The van der Waals surface area contributed by atoms with Crippen molar-refractivity contribution in [2.45, 2.75) is 87.9 Å². The van der Waals surface area contributed by atoms with Crippen molar-refractivity contribution in [3.05, 3.63) is 108 Å². The van der Waals surface area contributed by atoms with Gasteiger partial charge in [0.15, 0.2) is 0 Å². The van der Waals surface area contributed by atoms with Crippen LogP contribution in [0.5, 0.6) is 5.75 Å². The summed E-state index contributed by atoms with van der Waals surface area (Å²) >= 11 is 0. The molecule has 8 saturated carbocycles. The highest BCUT2D eigenvalue weighted by atomic mass is 16.6. The molecule has 2 aliphatic heterocycles. The number of carbonyl (C=O) groups is 1. The molecule has 1 aromatic heterocycles. The number of hydrogen-bond acceptors (Lipinski definition) is 3. The number of amides is 1. The van der Waals surface area contributed by atoms with Crippen LogP contribution in [0.4, 0.5) is 16.2 Å². The summed E-state index contributed by atoms with van der Waals surface area (Å²) in [4.78, 5) is 17.2. The quantitative estimate of drug-likeness (QED) is 0.169. The normalized spacial score (nSPS) is 32.2. The summed E-state index contributed by atoms with van der Waals surface area (Å²) in [6, 6.07) is 35.8. The predicted octanol–water partition coefficient (Wildman–Crippen LogP) is 11.3. The molecule has 17 rings (SSSR count). The molecule has 0 radical (unpaired) electrons. The third-order valence-electron chi connectivity index (χ3n) is 17.6. The van der Waals surface area contributed by atoms with Crippen LogP contribution in [0.25, 0.3) is 43.5 Å². The summed E-state index contributed by atoms with van der Waals surface area (Å²) in [6.07, 6.45) is 15.9. The molecular weight excluding hydrogens is 709 g/mol. The van der Waals surface area contributed by atoms with E-state index in [1.807, 2.05) is 4.90 Å². The fourth-order valence-corrected chi connectivity index (χ4v) is 16.5. The molecule has 5 heteroatoms. The Morgan fingerprint density at radius 1 is 0.569 bits per heavy atom. The van der Waals surface area contributed by atoms with Gasteiger partial charge in [0.2, 0.25) is 0 Å². The van der Waals surface area contributed by atoms with Crippen LogP contribution in [-0.2, 0) is 10.8 Å². The van der Waals surface area contributed by atoms with Gasteiger partial charge in [0, 0.05) is 27.4 Å². The smallest absolute Gasteiger partial charge is 0.424 e. The summed E-state index contributed by atoms with van der Waals surface area (Å²) in [6.45, 7) is -0.147. The van der Waals surface area contributed by atoms with E-state index < -0.39 is 0 Å². The SMILES string of the molecule is O=C1Oc2c(C34CC5CC(CC(C5)C3)C4)cc(C34CC5CC(CC(C5)C3)C4)c3ccc4c(c23)N1c1ccc2ccccc2c1B4c1cccc2c1oc1ccccc12. The summed E-state index contributed by atoms with van der Waals surface area (Å²) in [5.74, 6) is 5.82. The van der Waals surface area contributed by atoms with Gasteiger partial charge < -0.3 is 9.15 Å². The summed E-state index contributed by atoms with van der Waals surface area (Å²) in [7, 11) is 0. The van der Waals surface area contributed by atoms with Gasteiger partial charge in [-0.15, -0.1) is 0 Å². The molecule has 58 heavy (non-hydrogen) atoms. The van der Waals surface area contributed by atoms with Crippen molar-refractivity contribution < 1.29 is 13.9 Å². The van der Waals surface area contributed by atoms with Gasteiger partial charge in [-0.25, -0.2) is 9.69 Å². The van der Waals surface area contributed by atoms with Gasteiger partial charge in [0.25, 0.3) is 6.71 Å². The Bertz CT molecular complexity index is 2940. The topological polar surface area (TPSA) is 42.7 Å². The van der Waals surface area contributed by atoms with Crippen molar-refractivity contribution in [3.8, 4) is 5.75 Å². The minimum absolute atomic E-state index is 0.0859. The highest BCUT2D eigenvalue weighted by molar-refractivity contribution is 7.00. The third-order valence-corrected chi connectivity index (χ3v) is 17.6. The van der Waals surface area contributed by atoms with E-state index in [0.717, 1.165) is 85.5 Å². The fourth-order valence-electron chi connectivity index (χ4n) is 16.5. The lowest BCUT2D eigenvalue weighted by Crippen LogP contribution is -2.60. The zero-order valence-corrected chi connectivity index (χ0v) is 32.9. The monoisotopic (exact) mass is 755 g/mol. The molecule has 10 aliphatic rings. The molecule has 0 spiro atoms. The van der Waals surface area contributed by atoms with Crippen LogP contribution < -0.4 is 26.0 Å². The highest BCUT2D eigenvalue weighted by Gasteiger charge is 2.57. The van der Waals surface area contributed by atoms with Crippen LogP contribution in [0.3, 0.4) is 0 Å². The van der Waals surface area contributed by atoms with Crippen molar-refractivity contribution in [2.24, 2.45) is 35.5 Å². The van der Waals surface area contributed by atoms with Crippen molar-refractivity contribution >= 4 is 84.1 Å². The number of carbonyl (C=O) groups excluding carboxylic acids is 1. The Hall–Kier alpha value is -5.03. The Balaban J connectivity index is 1.07. The zero-order chi connectivity index (χ0) is 37.6. The second-order valence-electron chi connectivity index (χ2n) is 20.8. The molecule has 284 valence electrons. The van der Waals surface area contributed by atoms with Crippen molar-refractivity contribution in [1.29, 1.82) is 0 Å². The molecule has 6 aromatic carbocycles. The van der Waals surface area contributed by atoms with Crippen LogP contribution in [0.15, 0.2) is 101 Å². The Kier molecular flexibility index (Phi) is 5.92. The van der Waals surface area contributed by atoms with Gasteiger partial charge >= 0.3 is 6.09 Å². The summed E-state index contributed by atoms with van der Waals surface area (Å²) < 4.78 is 13.8. The molecule has 8 aliphatic carbocycles. The van der Waals surface area contributed by atoms with Crippen molar-refractivity contribution in [3.63, 3.8) is 0 Å². The second kappa shape index (κ2) is 10.8. The van der Waals surface area contributed by atoms with E-state index in [2.05, 4.69) is 97.1 Å². The van der Waals surface area contributed by atoms with E-state index >= 15 is 4.79 Å². The van der Waals surface area contributed by atoms with E-state index in [4.69, 9.17) is 9.15 Å². The first-order valence-electron chi connectivity index (χ1n) is 22.6. The van der Waals surface area contributed by atoms with Gasteiger partial charge in [-0.2, -0.15) is 0 Å². The Morgan fingerprint density at radius 3 is 1.90 bits per heavy atom. The molecule has 0 unspecified atom stereocenters. The van der Waals surface area contributed by atoms with E-state index in [-0.39, 0.29) is 23.6 Å². The Labute approximate surface area is 339 Å². The van der Waals surface area contributed by atoms with Crippen molar-refractivity contribution in [2.75, 3.05) is 4.90 Å². The lowest BCUT2D eigenvalue weighted by Gasteiger charge is -2.59. The van der Waals surface area contributed by atoms with Gasteiger partial charge in [-0.1, -0.05) is 84.9 Å². The number of hydrogen-bond donors (Lipinski definition) is 0. The molecule has 0 N–H and O–H groups in total. The molecule has 8 fully saturated rings. The first-order valence-corrected chi connectivity index (χ1v) is 22.6. The maximum absolute atomic E-state index is 15.2. The molecule has 1 amide bonds. The molecule has 8 bridgehead atoms. The van der Waals surface area contributed by atoms with E-state index in [1.165, 1.54) is 110 Å². The lowest BCUT2D eigenvalue weighted by atomic mass is 9.34. The predicted molar refractivity (Wildman–Crippen MR) is 234 cm³/mol. The average molecular weight is 756 g/mol. The molecule has 3 heterocycles. The maximum atomic E-state index is 15.2. The highest BCUT2D eigenvalue weighted by Crippen LogP contribution is 2.66. The Morgan fingerprint density at radius 2 is 1.19 bits per heavy atom. The van der Waals surface area contributed by atoms with Gasteiger partial charge in [-0.05, 0) is 174 Å².